The van der Waals surface area contributed by atoms with E-state index in [-0.39, 0.29) is 0 Å². The van der Waals surface area contributed by atoms with Crippen LogP contribution in [0.5, 0.6) is 0 Å². The van der Waals surface area contributed by atoms with Crippen LogP contribution in [-0.2, 0) is 0 Å². The van der Waals surface area contributed by atoms with Crippen LogP contribution in [0, 0.1) is 0 Å². The van der Waals surface area contributed by atoms with Gasteiger partial charge in [-0.3, -0.25) is 4.99 Å². The minimum Gasteiger partial charge on any atom is -0.285 e. The first kappa shape index (κ1) is 17.5. The number of rotatable bonds is 0. The van der Waals surface area contributed by atoms with Crippen molar-refractivity contribution in [2.24, 2.45) is 4.99 Å². The van der Waals surface area contributed by atoms with Gasteiger partial charge in [0.25, 0.3) is 0 Å². The lowest BCUT2D eigenvalue weighted by Gasteiger charge is -2.06. The van der Waals surface area contributed by atoms with Gasteiger partial charge in [-0.1, -0.05) is 27.7 Å². The van der Waals surface area contributed by atoms with Gasteiger partial charge in [0.05, 0.1) is 6.54 Å². The van der Waals surface area contributed by atoms with Crippen LogP contribution in [0.1, 0.15) is 62.3 Å². The van der Waals surface area contributed by atoms with Crippen molar-refractivity contribution in [2.75, 3.05) is 6.54 Å². The smallest absolute Gasteiger partial charge is 0.0605 e. The fraction of sp³-hybridized carbons (Fsp3) is 0.667. The highest BCUT2D eigenvalue weighted by molar-refractivity contribution is 5.99. The lowest BCUT2D eigenvalue weighted by Crippen LogP contribution is -1.95. The summed E-state index contributed by atoms with van der Waals surface area (Å²) in [5, 5.41) is 0. The molecule has 1 aliphatic heterocycles. The standard InChI is InChI=1S/C11H17N.2C2H6/c1-7-6-12-11(5)10(4)9(3)8(7)2;2*1-2/h6H2,1-5H3;2*1-2H3. The van der Waals surface area contributed by atoms with Gasteiger partial charge in [-0.05, 0) is 56.9 Å². The van der Waals surface area contributed by atoms with Crippen molar-refractivity contribution in [3.8, 4) is 0 Å². The maximum atomic E-state index is 4.49. The summed E-state index contributed by atoms with van der Waals surface area (Å²) >= 11 is 0. The Kier molecular flexibility index (Phi) is 10.3. The molecule has 0 atom stereocenters. The molecule has 0 aromatic rings. The van der Waals surface area contributed by atoms with E-state index in [0.29, 0.717) is 0 Å². The predicted octanol–water partition coefficient (Wildman–Crippen LogP) is 5.19. The summed E-state index contributed by atoms with van der Waals surface area (Å²) in [6, 6.07) is 0. The molecule has 0 aromatic heterocycles. The van der Waals surface area contributed by atoms with Crippen LogP contribution >= 0.6 is 0 Å². The average molecular weight is 223 g/mol. The summed E-state index contributed by atoms with van der Waals surface area (Å²) in [5.74, 6) is 0. The van der Waals surface area contributed by atoms with Gasteiger partial charge in [0.2, 0.25) is 0 Å². The Hall–Kier alpha value is -0.850. The lowest BCUT2D eigenvalue weighted by molar-refractivity contribution is 1.10. The van der Waals surface area contributed by atoms with Gasteiger partial charge in [-0.15, -0.1) is 0 Å². The average Bonchev–Trinajstić information content (AvgIpc) is 2.43. The molecule has 1 heteroatoms. The van der Waals surface area contributed by atoms with Gasteiger partial charge < -0.3 is 0 Å². The zero-order valence-electron chi connectivity index (χ0n) is 12.7. The highest BCUT2D eigenvalue weighted by atomic mass is 14.7. The van der Waals surface area contributed by atoms with Gasteiger partial charge in [0.1, 0.15) is 0 Å². The van der Waals surface area contributed by atoms with E-state index >= 15 is 0 Å². The predicted molar refractivity (Wildman–Crippen MR) is 77.4 cm³/mol. The van der Waals surface area contributed by atoms with E-state index in [0.717, 1.165) is 6.54 Å². The van der Waals surface area contributed by atoms with Crippen LogP contribution in [0.2, 0.25) is 0 Å². The van der Waals surface area contributed by atoms with Gasteiger partial charge in [-0.2, -0.15) is 0 Å². The van der Waals surface area contributed by atoms with Crippen LogP contribution in [0.4, 0.5) is 0 Å². The van der Waals surface area contributed by atoms with E-state index < -0.39 is 0 Å². The van der Waals surface area contributed by atoms with Crippen molar-refractivity contribution >= 4 is 5.71 Å². The fourth-order valence-electron chi connectivity index (χ4n) is 1.35. The molecule has 0 spiro atoms. The Morgan fingerprint density at radius 3 is 1.56 bits per heavy atom. The lowest BCUT2D eigenvalue weighted by atomic mass is 9.99. The molecule has 0 amide bonds. The fourth-order valence-corrected chi connectivity index (χ4v) is 1.35. The second-order valence-electron chi connectivity index (χ2n) is 3.56. The van der Waals surface area contributed by atoms with Crippen LogP contribution in [-0.4, -0.2) is 12.3 Å². The number of hydrogen-bond donors (Lipinski definition) is 0. The molecule has 1 nitrogen and oxygen atoms in total. The first-order valence-corrected chi connectivity index (χ1v) is 6.39. The van der Waals surface area contributed by atoms with Crippen molar-refractivity contribution < 1.29 is 0 Å². The van der Waals surface area contributed by atoms with Crippen molar-refractivity contribution in [1.82, 2.24) is 0 Å². The third kappa shape index (κ3) is 4.78. The Bertz CT molecular complexity index is 291. The first-order chi connectivity index (χ1) is 7.54. The third-order valence-electron chi connectivity index (χ3n) is 2.86. The molecular formula is C15H29N. The van der Waals surface area contributed by atoms with Gasteiger partial charge >= 0.3 is 0 Å². The zero-order valence-corrected chi connectivity index (χ0v) is 12.7. The molecule has 0 fully saturated rings. The summed E-state index contributed by atoms with van der Waals surface area (Å²) in [6.45, 7) is 19.6. The highest BCUT2D eigenvalue weighted by Gasteiger charge is 2.08. The van der Waals surface area contributed by atoms with Crippen molar-refractivity contribution in [3.63, 3.8) is 0 Å². The molecule has 1 heterocycles. The summed E-state index contributed by atoms with van der Waals surface area (Å²) in [7, 11) is 0. The van der Waals surface area contributed by atoms with Crippen LogP contribution in [0.3, 0.4) is 0 Å². The van der Waals surface area contributed by atoms with Gasteiger partial charge in [0.15, 0.2) is 0 Å². The molecule has 0 saturated carbocycles. The largest absolute Gasteiger partial charge is 0.285 e. The molecule has 0 saturated heterocycles. The first-order valence-electron chi connectivity index (χ1n) is 6.39. The van der Waals surface area contributed by atoms with Crippen LogP contribution in [0.25, 0.3) is 0 Å². The second-order valence-corrected chi connectivity index (χ2v) is 3.56. The van der Waals surface area contributed by atoms with E-state index in [1.165, 1.54) is 28.0 Å². The molecule has 0 aliphatic carbocycles. The summed E-state index contributed by atoms with van der Waals surface area (Å²) < 4.78 is 0. The Morgan fingerprint density at radius 2 is 1.12 bits per heavy atom. The minimum atomic E-state index is 0.867. The molecule has 94 valence electrons. The van der Waals surface area contributed by atoms with Crippen LogP contribution < -0.4 is 0 Å². The minimum absolute atomic E-state index is 0.867. The zero-order chi connectivity index (χ0) is 13.3. The summed E-state index contributed by atoms with van der Waals surface area (Å²) in [5.41, 5.74) is 6.72. The molecule has 0 bridgehead atoms. The number of aliphatic imine (C=N–C) groups is 1. The topological polar surface area (TPSA) is 12.4 Å². The summed E-state index contributed by atoms with van der Waals surface area (Å²) in [4.78, 5) is 4.49. The molecule has 16 heavy (non-hydrogen) atoms. The Labute approximate surface area is 102 Å². The number of nitrogens with zero attached hydrogens (tertiary/aromatic N) is 1. The molecule has 0 aromatic carbocycles. The van der Waals surface area contributed by atoms with Crippen molar-refractivity contribution in [3.05, 3.63) is 22.3 Å². The number of hydrogen-bond acceptors (Lipinski definition) is 1. The van der Waals surface area contributed by atoms with E-state index in [9.17, 15) is 0 Å². The maximum Gasteiger partial charge on any atom is 0.0605 e. The molecule has 1 rings (SSSR count). The van der Waals surface area contributed by atoms with E-state index in [4.69, 9.17) is 0 Å². The van der Waals surface area contributed by atoms with E-state index in [2.05, 4.69) is 39.6 Å². The summed E-state index contributed by atoms with van der Waals surface area (Å²) in [6.07, 6.45) is 0. The highest BCUT2D eigenvalue weighted by Crippen LogP contribution is 2.21. The van der Waals surface area contributed by atoms with Crippen LogP contribution in [0.15, 0.2) is 27.3 Å². The molecule has 1 aliphatic rings. The van der Waals surface area contributed by atoms with Gasteiger partial charge in [0, 0.05) is 5.71 Å². The van der Waals surface area contributed by atoms with Gasteiger partial charge in [-0.25, -0.2) is 0 Å². The quantitative estimate of drug-likeness (QED) is 0.536. The monoisotopic (exact) mass is 223 g/mol. The number of allylic oxidation sites excluding steroid dienone is 3. The molecule has 0 unspecified atom stereocenters. The molecule has 0 radical (unpaired) electrons. The Morgan fingerprint density at radius 1 is 0.688 bits per heavy atom. The Balaban J connectivity index is 0. The second kappa shape index (κ2) is 9.38. The molecule has 0 N–H and O–H groups in total. The maximum absolute atomic E-state index is 4.49. The van der Waals surface area contributed by atoms with E-state index in [1.54, 1.807) is 0 Å². The third-order valence-corrected chi connectivity index (χ3v) is 2.86. The van der Waals surface area contributed by atoms with Crippen molar-refractivity contribution in [1.29, 1.82) is 0 Å². The molecular weight excluding hydrogens is 194 g/mol. The SMILES string of the molecule is CC.CC.CC1=NCC(C)=C(C)C(C)=C1C. The normalized spacial score (nSPS) is 15.4. The van der Waals surface area contributed by atoms with E-state index in [1.807, 2.05) is 27.7 Å². The van der Waals surface area contributed by atoms with Crippen molar-refractivity contribution in [2.45, 2.75) is 62.3 Å².